The van der Waals surface area contributed by atoms with Crippen LogP contribution in [0.3, 0.4) is 0 Å². The van der Waals surface area contributed by atoms with Gasteiger partial charge in [-0.25, -0.2) is 0 Å². The van der Waals surface area contributed by atoms with Crippen molar-refractivity contribution in [1.82, 2.24) is 0 Å². The van der Waals surface area contributed by atoms with Crippen molar-refractivity contribution in [3.8, 4) is 0 Å². The van der Waals surface area contributed by atoms with E-state index in [-0.39, 0.29) is 40.0 Å². The zero-order valence-electron chi connectivity index (χ0n) is 17.1. The summed E-state index contributed by atoms with van der Waals surface area (Å²) >= 11 is 6.72. The van der Waals surface area contributed by atoms with E-state index in [1.54, 1.807) is 6.92 Å². The fraction of sp³-hybridized carbons (Fsp3) is 0.826. The average molecular weight is 393 g/mol. The van der Waals surface area contributed by atoms with Crippen molar-refractivity contribution in [3.63, 3.8) is 0 Å². The molecular formula is C23H33ClO3. The van der Waals surface area contributed by atoms with Gasteiger partial charge < -0.3 is 4.74 Å². The largest absolute Gasteiger partial charge is 0.462 e. The summed E-state index contributed by atoms with van der Waals surface area (Å²) in [5, 5.41) is -0.00543. The van der Waals surface area contributed by atoms with Crippen LogP contribution in [0.4, 0.5) is 0 Å². The second-order valence-electron chi connectivity index (χ2n) is 10.1. The van der Waals surface area contributed by atoms with Crippen LogP contribution in [0.5, 0.6) is 0 Å². The molecular weight excluding hydrogens is 360 g/mol. The number of ether oxygens (including phenoxy) is 1. The van der Waals surface area contributed by atoms with Gasteiger partial charge >= 0.3 is 5.97 Å². The molecule has 4 aliphatic rings. The van der Waals surface area contributed by atoms with E-state index in [4.69, 9.17) is 16.3 Å². The molecule has 0 amide bonds. The van der Waals surface area contributed by atoms with Crippen LogP contribution in [0.15, 0.2) is 11.6 Å². The smallest absolute Gasteiger partial charge is 0.302 e. The Morgan fingerprint density at radius 1 is 1.15 bits per heavy atom. The van der Waals surface area contributed by atoms with E-state index in [9.17, 15) is 9.59 Å². The third kappa shape index (κ3) is 2.91. The predicted octanol–water partition coefficient (Wildman–Crippen LogP) is 5.30. The van der Waals surface area contributed by atoms with E-state index < -0.39 is 0 Å². The van der Waals surface area contributed by atoms with Crippen LogP contribution in [-0.2, 0) is 14.3 Å². The minimum Gasteiger partial charge on any atom is -0.462 e. The summed E-state index contributed by atoms with van der Waals surface area (Å²) < 4.78 is 5.53. The van der Waals surface area contributed by atoms with Crippen molar-refractivity contribution in [2.75, 3.05) is 0 Å². The molecule has 0 N–H and O–H groups in total. The third-order valence-corrected chi connectivity index (χ3v) is 9.25. The summed E-state index contributed by atoms with van der Waals surface area (Å²) in [6, 6.07) is 0. The van der Waals surface area contributed by atoms with Crippen LogP contribution >= 0.6 is 11.6 Å². The van der Waals surface area contributed by atoms with Gasteiger partial charge in [0.05, 0.1) is 0 Å². The highest BCUT2D eigenvalue weighted by Crippen LogP contribution is 2.67. The van der Waals surface area contributed by atoms with Crippen LogP contribution in [0.1, 0.15) is 72.6 Å². The Morgan fingerprint density at radius 3 is 2.56 bits per heavy atom. The lowest BCUT2D eigenvalue weighted by Gasteiger charge is -2.57. The molecule has 0 bridgehead atoms. The maximum atomic E-state index is 12.4. The van der Waals surface area contributed by atoms with Gasteiger partial charge in [-0.2, -0.15) is 0 Å². The summed E-state index contributed by atoms with van der Waals surface area (Å²) in [5.41, 5.74) is 1.79. The first kappa shape index (κ1) is 19.5. The molecule has 0 radical (unpaired) electrons. The number of esters is 1. The Bertz CT molecular complexity index is 685. The first-order valence-electron chi connectivity index (χ1n) is 10.7. The predicted molar refractivity (Wildman–Crippen MR) is 106 cm³/mol. The molecule has 0 aromatic rings. The number of allylic oxidation sites excluding steroid dienone is 1. The van der Waals surface area contributed by atoms with E-state index in [1.807, 2.05) is 0 Å². The Morgan fingerprint density at radius 2 is 1.89 bits per heavy atom. The van der Waals surface area contributed by atoms with Gasteiger partial charge in [-0.3, -0.25) is 9.59 Å². The Hall–Kier alpha value is -0.830. The van der Waals surface area contributed by atoms with E-state index in [0.29, 0.717) is 17.8 Å². The normalized spacial score (nSPS) is 48.7. The number of alkyl halides is 1. The third-order valence-electron chi connectivity index (χ3n) is 8.82. The molecule has 8 atom stereocenters. The first-order valence-corrected chi connectivity index (χ1v) is 11.1. The van der Waals surface area contributed by atoms with Gasteiger partial charge in [-0.15, -0.1) is 11.6 Å². The molecule has 0 saturated heterocycles. The molecule has 0 heterocycles. The number of halogens is 1. The zero-order valence-corrected chi connectivity index (χ0v) is 17.8. The van der Waals surface area contributed by atoms with Crippen molar-refractivity contribution < 1.29 is 14.3 Å². The number of Topliss-reactive ketones (excluding diaryl/α,β-unsaturated/α-hetero) is 1. The summed E-state index contributed by atoms with van der Waals surface area (Å²) in [6.45, 7) is 8.02. The lowest BCUT2D eigenvalue weighted by Crippen LogP contribution is -2.51. The molecule has 4 heteroatoms. The number of fused-ring (bicyclic) bond motifs is 5. The van der Waals surface area contributed by atoms with Crippen molar-refractivity contribution in [3.05, 3.63) is 11.6 Å². The molecule has 150 valence electrons. The van der Waals surface area contributed by atoms with Gasteiger partial charge in [0, 0.05) is 24.6 Å². The Kier molecular flexibility index (Phi) is 4.77. The number of hydrogen-bond acceptors (Lipinski definition) is 3. The molecule has 3 fully saturated rings. The summed E-state index contributed by atoms with van der Waals surface area (Å²) in [5.74, 6) is 1.98. The molecule has 27 heavy (non-hydrogen) atoms. The van der Waals surface area contributed by atoms with Crippen LogP contribution in [-0.4, -0.2) is 23.2 Å². The van der Waals surface area contributed by atoms with Gasteiger partial charge in [0.1, 0.15) is 11.9 Å². The second kappa shape index (κ2) is 6.61. The number of ketones is 1. The minimum atomic E-state index is -0.166. The molecule has 3 nitrogen and oxygen atoms in total. The molecule has 7 unspecified atom stereocenters. The lowest BCUT2D eigenvalue weighted by atomic mass is 9.47. The number of hydrogen-bond donors (Lipinski definition) is 0. The second-order valence-corrected chi connectivity index (χ2v) is 10.7. The highest BCUT2D eigenvalue weighted by atomic mass is 35.5. The Labute approximate surface area is 168 Å². The van der Waals surface area contributed by atoms with Crippen molar-refractivity contribution in [1.29, 1.82) is 0 Å². The van der Waals surface area contributed by atoms with Crippen molar-refractivity contribution >= 4 is 23.4 Å². The first-order chi connectivity index (χ1) is 12.7. The zero-order chi connectivity index (χ0) is 19.6. The van der Waals surface area contributed by atoms with Crippen molar-refractivity contribution in [2.24, 2.45) is 34.5 Å². The number of carbonyl (C=O) groups is 2. The fourth-order valence-electron chi connectivity index (χ4n) is 7.65. The summed E-state index contributed by atoms with van der Waals surface area (Å²) in [4.78, 5) is 23.7. The van der Waals surface area contributed by atoms with Gasteiger partial charge in [-0.05, 0) is 74.0 Å². The highest BCUT2D eigenvalue weighted by molar-refractivity contribution is 6.22. The molecule has 0 spiro atoms. The van der Waals surface area contributed by atoms with Crippen LogP contribution in [0.25, 0.3) is 0 Å². The van der Waals surface area contributed by atoms with Crippen LogP contribution in [0.2, 0.25) is 0 Å². The Balaban J connectivity index is 1.61. The van der Waals surface area contributed by atoms with Crippen LogP contribution < -0.4 is 0 Å². The quantitative estimate of drug-likeness (QED) is 0.363. The SMILES string of the molecule is CC(=O)OC1CCC2(C)C(=CCC3C2CCC2(C)C3C[C@@H](Cl)C2C(C)=O)C1. The van der Waals surface area contributed by atoms with Gasteiger partial charge in [-0.1, -0.05) is 25.5 Å². The fourth-order valence-corrected chi connectivity index (χ4v) is 8.31. The van der Waals surface area contributed by atoms with E-state index in [2.05, 4.69) is 19.9 Å². The molecule has 4 aliphatic carbocycles. The molecule has 3 saturated carbocycles. The average Bonchev–Trinajstić information content (AvgIpc) is 2.85. The number of carbonyl (C=O) groups excluding carboxylic acids is 2. The standard InChI is InChI=1S/C23H33ClO3/c1-13(25)21-20(24)12-19-17-6-5-15-11-16(27-14(2)26)7-9-22(15,3)18(17)8-10-23(19,21)4/h5,16-21H,6-12H2,1-4H3/t16?,17?,18?,19?,20-,21?,22?,23?/m1/s1. The van der Waals surface area contributed by atoms with Crippen LogP contribution in [0, 0.1) is 34.5 Å². The lowest BCUT2D eigenvalue weighted by molar-refractivity contribution is -0.149. The van der Waals surface area contributed by atoms with Gasteiger partial charge in [0.2, 0.25) is 0 Å². The topological polar surface area (TPSA) is 43.4 Å². The highest BCUT2D eigenvalue weighted by Gasteiger charge is 2.61. The maximum Gasteiger partial charge on any atom is 0.302 e. The van der Waals surface area contributed by atoms with E-state index >= 15 is 0 Å². The van der Waals surface area contributed by atoms with Gasteiger partial charge in [0.15, 0.2) is 0 Å². The molecule has 0 aliphatic heterocycles. The molecule has 0 aromatic carbocycles. The van der Waals surface area contributed by atoms with E-state index in [1.165, 1.54) is 18.9 Å². The van der Waals surface area contributed by atoms with Crippen molar-refractivity contribution in [2.45, 2.75) is 84.1 Å². The maximum absolute atomic E-state index is 12.4. The summed E-state index contributed by atoms with van der Waals surface area (Å²) in [7, 11) is 0. The number of rotatable bonds is 2. The monoisotopic (exact) mass is 392 g/mol. The molecule has 0 aromatic heterocycles. The van der Waals surface area contributed by atoms with Gasteiger partial charge in [0.25, 0.3) is 0 Å². The molecule has 4 rings (SSSR count). The minimum absolute atomic E-state index is 0.00543. The summed E-state index contributed by atoms with van der Waals surface area (Å²) in [6.07, 6.45) is 9.85. The van der Waals surface area contributed by atoms with E-state index in [0.717, 1.165) is 38.5 Å².